The highest BCUT2D eigenvalue weighted by atomic mass is 127. The van der Waals surface area contributed by atoms with E-state index in [-0.39, 0.29) is 6.54 Å². The minimum atomic E-state index is -4.36. The topological polar surface area (TPSA) is 52.5 Å². The molecular weight excluding hydrogens is 350 g/mol. The van der Waals surface area contributed by atoms with Crippen molar-refractivity contribution in [2.75, 3.05) is 18.5 Å². The van der Waals surface area contributed by atoms with Crippen molar-refractivity contribution in [1.29, 1.82) is 0 Å². The predicted octanol–water partition coefficient (Wildman–Crippen LogP) is 2.08. The molecule has 1 rings (SSSR count). The number of nitrogens with one attached hydrogen (secondary N) is 1. The van der Waals surface area contributed by atoms with E-state index in [9.17, 15) is 13.2 Å². The number of aliphatic hydroxyl groups is 2. The molecule has 0 bridgehead atoms. The molecule has 0 fully saturated rings. The van der Waals surface area contributed by atoms with Gasteiger partial charge >= 0.3 is 6.18 Å². The van der Waals surface area contributed by atoms with E-state index in [0.717, 1.165) is 12.1 Å². The van der Waals surface area contributed by atoms with Crippen LogP contribution in [-0.4, -0.2) is 29.5 Å². The van der Waals surface area contributed by atoms with Crippen molar-refractivity contribution in [3.05, 3.63) is 27.3 Å². The summed E-state index contributed by atoms with van der Waals surface area (Å²) in [7, 11) is 0. The van der Waals surface area contributed by atoms with Crippen molar-refractivity contribution < 1.29 is 23.4 Å². The summed E-state index contributed by atoms with van der Waals surface area (Å²) in [6.45, 7) is -0.317. The van der Waals surface area contributed by atoms with Crippen LogP contribution < -0.4 is 5.32 Å². The first-order valence-corrected chi connectivity index (χ1v) is 5.82. The lowest BCUT2D eigenvalue weighted by Crippen LogP contribution is -2.23. The smallest absolute Gasteiger partial charge is 0.394 e. The van der Waals surface area contributed by atoms with Gasteiger partial charge in [0.05, 0.1) is 18.3 Å². The predicted molar refractivity (Wildman–Crippen MR) is 65.7 cm³/mol. The fraction of sp³-hybridized carbons (Fsp3) is 0.400. The molecule has 7 heteroatoms. The molecule has 1 aromatic carbocycles. The largest absolute Gasteiger partial charge is 0.416 e. The second-order valence-corrected chi connectivity index (χ2v) is 4.57. The van der Waals surface area contributed by atoms with E-state index in [0.29, 0.717) is 9.26 Å². The third-order valence-corrected chi connectivity index (χ3v) is 2.93. The summed E-state index contributed by atoms with van der Waals surface area (Å²) in [5.41, 5.74) is -0.221. The lowest BCUT2D eigenvalue weighted by Gasteiger charge is -2.13. The van der Waals surface area contributed by atoms with Gasteiger partial charge in [-0.3, -0.25) is 0 Å². The highest BCUT2D eigenvalue weighted by Crippen LogP contribution is 2.32. The van der Waals surface area contributed by atoms with E-state index in [4.69, 9.17) is 10.2 Å². The van der Waals surface area contributed by atoms with Gasteiger partial charge in [-0.1, -0.05) is 0 Å². The second-order valence-electron chi connectivity index (χ2n) is 3.41. The van der Waals surface area contributed by atoms with Crippen LogP contribution in [0.1, 0.15) is 5.56 Å². The van der Waals surface area contributed by atoms with E-state index in [1.54, 1.807) is 22.6 Å². The normalized spacial score (nSPS) is 13.5. The monoisotopic (exact) mass is 361 g/mol. The van der Waals surface area contributed by atoms with Crippen molar-refractivity contribution in [3.63, 3.8) is 0 Å². The van der Waals surface area contributed by atoms with Crippen LogP contribution in [0.3, 0.4) is 0 Å². The van der Waals surface area contributed by atoms with Gasteiger partial charge in [0.2, 0.25) is 0 Å². The minimum Gasteiger partial charge on any atom is -0.394 e. The molecule has 1 atom stereocenters. The van der Waals surface area contributed by atoms with Gasteiger partial charge in [-0.2, -0.15) is 13.2 Å². The quantitative estimate of drug-likeness (QED) is 0.720. The number of halogens is 4. The Morgan fingerprint density at radius 3 is 2.47 bits per heavy atom. The maximum Gasteiger partial charge on any atom is 0.416 e. The summed E-state index contributed by atoms with van der Waals surface area (Å²) < 4.78 is 37.5. The Morgan fingerprint density at radius 2 is 2.00 bits per heavy atom. The third-order valence-electron chi connectivity index (χ3n) is 2.04. The molecular formula is C10H11F3INO2. The summed E-state index contributed by atoms with van der Waals surface area (Å²) in [5.74, 6) is 0. The molecule has 3 N–H and O–H groups in total. The lowest BCUT2D eigenvalue weighted by atomic mass is 10.2. The molecule has 17 heavy (non-hydrogen) atoms. The molecule has 0 aromatic heterocycles. The molecule has 0 aliphatic rings. The van der Waals surface area contributed by atoms with Gasteiger partial charge in [0.15, 0.2) is 0 Å². The second kappa shape index (κ2) is 5.87. The van der Waals surface area contributed by atoms with Crippen LogP contribution in [0.2, 0.25) is 0 Å². The molecule has 0 saturated heterocycles. The van der Waals surface area contributed by atoms with Gasteiger partial charge in [-0.15, -0.1) is 0 Å². The first kappa shape index (κ1) is 14.5. The average Bonchev–Trinajstić information content (AvgIpc) is 2.25. The third kappa shape index (κ3) is 4.32. The van der Waals surface area contributed by atoms with E-state index in [1.807, 2.05) is 0 Å². The first-order valence-electron chi connectivity index (χ1n) is 4.74. The molecule has 0 spiro atoms. The van der Waals surface area contributed by atoms with Gasteiger partial charge in [0.25, 0.3) is 0 Å². The van der Waals surface area contributed by atoms with E-state index in [2.05, 4.69) is 5.32 Å². The molecule has 3 nitrogen and oxygen atoms in total. The van der Waals surface area contributed by atoms with Crippen molar-refractivity contribution in [1.82, 2.24) is 0 Å². The maximum atomic E-state index is 12.4. The number of alkyl halides is 3. The SMILES string of the molecule is OCC(O)CNc1ccc(C(F)(F)F)cc1I. The van der Waals surface area contributed by atoms with E-state index in [1.165, 1.54) is 6.07 Å². The number of rotatable bonds is 4. The lowest BCUT2D eigenvalue weighted by molar-refractivity contribution is -0.137. The highest BCUT2D eigenvalue weighted by Gasteiger charge is 2.30. The zero-order valence-corrected chi connectivity index (χ0v) is 10.8. The molecule has 1 aromatic rings. The maximum absolute atomic E-state index is 12.4. The zero-order chi connectivity index (χ0) is 13.1. The summed E-state index contributed by atoms with van der Waals surface area (Å²) in [5, 5.41) is 20.4. The Labute approximate surface area is 110 Å². The summed E-state index contributed by atoms with van der Waals surface area (Å²) in [6.07, 6.45) is -5.30. The standard InChI is InChI=1S/C10H11F3INO2/c11-10(12,13)6-1-2-9(8(14)3-6)15-4-7(17)5-16/h1-3,7,15-17H,4-5H2. The summed E-state index contributed by atoms with van der Waals surface area (Å²) in [4.78, 5) is 0. The first-order chi connectivity index (χ1) is 7.84. The molecule has 96 valence electrons. The summed E-state index contributed by atoms with van der Waals surface area (Å²) in [6, 6.07) is 3.29. The van der Waals surface area contributed by atoms with Crippen molar-refractivity contribution in [2.45, 2.75) is 12.3 Å². The van der Waals surface area contributed by atoms with Crippen molar-refractivity contribution in [3.8, 4) is 0 Å². The molecule has 0 aliphatic heterocycles. The number of hydrogen-bond donors (Lipinski definition) is 3. The van der Waals surface area contributed by atoms with Crippen LogP contribution in [0.4, 0.5) is 18.9 Å². The Kier molecular flexibility index (Phi) is 5.02. The average molecular weight is 361 g/mol. The molecule has 0 amide bonds. The van der Waals surface area contributed by atoms with Crippen molar-refractivity contribution >= 4 is 28.3 Å². The van der Waals surface area contributed by atoms with Crippen molar-refractivity contribution in [2.24, 2.45) is 0 Å². The van der Waals surface area contributed by atoms with E-state index < -0.39 is 24.5 Å². The number of aliphatic hydroxyl groups excluding tert-OH is 2. The van der Waals surface area contributed by atoms with Crippen LogP contribution in [0.15, 0.2) is 18.2 Å². The Bertz CT molecular complexity index is 384. The Hall–Kier alpha value is -0.540. The highest BCUT2D eigenvalue weighted by molar-refractivity contribution is 14.1. The molecule has 1 unspecified atom stereocenters. The molecule has 0 radical (unpaired) electrons. The van der Waals surface area contributed by atoms with Crippen LogP contribution in [0.25, 0.3) is 0 Å². The number of anilines is 1. The van der Waals surface area contributed by atoms with Crippen LogP contribution in [-0.2, 0) is 6.18 Å². The van der Waals surface area contributed by atoms with Gasteiger partial charge < -0.3 is 15.5 Å². The van der Waals surface area contributed by atoms with Crippen LogP contribution in [0, 0.1) is 3.57 Å². The van der Waals surface area contributed by atoms with Gasteiger partial charge in [-0.25, -0.2) is 0 Å². The molecule has 0 saturated carbocycles. The van der Waals surface area contributed by atoms with Gasteiger partial charge in [0, 0.05) is 15.8 Å². The fourth-order valence-corrected chi connectivity index (χ4v) is 1.83. The Balaban J connectivity index is 2.77. The van der Waals surface area contributed by atoms with Crippen LogP contribution >= 0.6 is 22.6 Å². The Morgan fingerprint density at radius 1 is 1.35 bits per heavy atom. The van der Waals surface area contributed by atoms with Gasteiger partial charge in [0.1, 0.15) is 0 Å². The number of hydrogen-bond acceptors (Lipinski definition) is 3. The molecule has 0 aliphatic carbocycles. The number of benzene rings is 1. The fourth-order valence-electron chi connectivity index (χ4n) is 1.13. The summed E-state index contributed by atoms with van der Waals surface area (Å²) >= 11 is 1.78. The van der Waals surface area contributed by atoms with Crippen LogP contribution in [0.5, 0.6) is 0 Å². The van der Waals surface area contributed by atoms with E-state index >= 15 is 0 Å². The van der Waals surface area contributed by atoms with Gasteiger partial charge in [-0.05, 0) is 40.8 Å². The zero-order valence-electron chi connectivity index (χ0n) is 8.63. The minimum absolute atomic E-state index is 0.0812. The molecule has 0 heterocycles.